The van der Waals surface area contributed by atoms with Gasteiger partial charge in [0.2, 0.25) is 0 Å². The van der Waals surface area contributed by atoms with Gasteiger partial charge in [-0.05, 0) is 0 Å². The van der Waals surface area contributed by atoms with Gasteiger partial charge in [-0.2, -0.15) is 10.5 Å². The normalized spacial score (nSPS) is 2.67. The van der Waals surface area contributed by atoms with Gasteiger partial charge in [0.15, 0.2) is 0 Å². The SMILES string of the molecule is CC#N.CC#N.[Br][Mo][Br].[C-]#[O+].[C-]#[O+].[C-]#[O+]. The van der Waals surface area contributed by atoms with E-state index in [-0.39, 0.29) is 14.5 Å². The molecule has 0 amide bonds. The number of rotatable bonds is 0. The van der Waals surface area contributed by atoms with Crippen molar-refractivity contribution in [3.63, 3.8) is 0 Å². The predicted molar refractivity (Wildman–Crippen MR) is 52.2 cm³/mol. The molecule has 15 heavy (non-hydrogen) atoms. The van der Waals surface area contributed by atoms with Crippen LogP contribution in [0.25, 0.3) is 0 Å². The third kappa shape index (κ3) is 84500. The molecular formula is C7H6Br2MoN2O3. The molecule has 0 fully saturated rings. The molecule has 0 unspecified atom stereocenters. The van der Waals surface area contributed by atoms with Crippen molar-refractivity contribution >= 4 is 26.6 Å². The van der Waals surface area contributed by atoms with E-state index in [9.17, 15) is 0 Å². The Bertz CT molecular complexity index is 167. The fraction of sp³-hybridized carbons (Fsp3) is 0.286. The fourth-order valence-corrected chi connectivity index (χ4v) is 0. The third-order valence-electron chi connectivity index (χ3n) is 0. The second kappa shape index (κ2) is 282. The van der Waals surface area contributed by atoms with Crippen LogP contribution < -0.4 is 0 Å². The maximum atomic E-state index is 7.50. The molecule has 0 radical (unpaired) electrons. The third-order valence-corrected chi connectivity index (χ3v) is 0. The number of hydrogen-bond acceptors (Lipinski definition) is 2. The molecule has 0 spiro atoms. The molecule has 0 heterocycles. The zero-order valence-electron chi connectivity index (χ0n) is 7.78. The van der Waals surface area contributed by atoms with Gasteiger partial charge < -0.3 is 0 Å². The van der Waals surface area contributed by atoms with E-state index < -0.39 is 0 Å². The van der Waals surface area contributed by atoms with Crippen LogP contribution in [0.4, 0.5) is 0 Å². The fourth-order valence-electron chi connectivity index (χ4n) is 0. The van der Waals surface area contributed by atoms with Crippen LogP contribution in [0.3, 0.4) is 0 Å². The Morgan fingerprint density at radius 1 is 0.867 bits per heavy atom. The van der Waals surface area contributed by atoms with Crippen molar-refractivity contribution in [2.24, 2.45) is 0 Å². The molecule has 5 nitrogen and oxygen atoms in total. The van der Waals surface area contributed by atoms with Gasteiger partial charge in [-0.1, -0.05) is 0 Å². The van der Waals surface area contributed by atoms with E-state index >= 15 is 0 Å². The number of halogens is 2. The zero-order chi connectivity index (χ0) is 14.1. The van der Waals surface area contributed by atoms with Crippen LogP contribution in [0.2, 0.25) is 0 Å². The van der Waals surface area contributed by atoms with Crippen LogP contribution >= 0.6 is 26.6 Å². The van der Waals surface area contributed by atoms with Crippen molar-refractivity contribution in [2.75, 3.05) is 0 Å². The first-order chi connectivity index (χ1) is 7.24. The molecule has 0 bridgehead atoms. The van der Waals surface area contributed by atoms with E-state index in [0.717, 1.165) is 0 Å². The van der Waals surface area contributed by atoms with Crippen molar-refractivity contribution in [1.29, 1.82) is 10.5 Å². The maximum absolute atomic E-state index is 7.50. The van der Waals surface area contributed by atoms with E-state index in [4.69, 9.17) is 24.5 Å². The predicted octanol–water partition coefficient (Wildman–Crippen LogP) is 2.64. The van der Waals surface area contributed by atoms with Gasteiger partial charge in [-0.25, -0.2) is 0 Å². The molecular weight excluding hydrogens is 416 g/mol. The Morgan fingerprint density at radius 2 is 0.867 bits per heavy atom. The minimum atomic E-state index is 0.0950. The molecule has 0 saturated heterocycles. The van der Waals surface area contributed by atoms with Gasteiger partial charge in [0, 0.05) is 13.8 Å². The Morgan fingerprint density at radius 3 is 0.867 bits per heavy atom. The van der Waals surface area contributed by atoms with Gasteiger partial charge in [0.25, 0.3) is 0 Å². The average Bonchev–Trinajstić information content (AvgIpc) is 2.29. The van der Waals surface area contributed by atoms with E-state index in [2.05, 4.69) is 46.5 Å². The van der Waals surface area contributed by atoms with Crippen molar-refractivity contribution in [3.8, 4) is 12.1 Å². The Kier molecular flexibility index (Phi) is 683. The van der Waals surface area contributed by atoms with Crippen molar-refractivity contribution in [2.45, 2.75) is 13.8 Å². The molecule has 0 aliphatic carbocycles. The Labute approximate surface area is 111 Å². The summed E-state index contributed by atoms with van der Waals surface area (Å²) in [5.41, 5.74) is 0. The first-order valence-electron chi connectivity index (χ1n) is 2.37. The van der Waals surface area contributed by atoms with Crippen molar-refractivity contribution < 1.29 is 28.4 Å². The summed E-state index contributed by atoms with van der Waals surface area (Å²) in [6.45, 7) is 16.4. The Hall–Kier alpha value is -0.152. The van der Waals surface area contributed by atoms with Gasteiger partial charge >= 0.3 is 75.0 Å². The molecule has 0 saturated carbocycles. The number of nitrogens with zero attached hydrogens (tertiary/aromatic N) is 2. The Balaban J connectivity index is -0.0000000164. The molecule has 0 aliphatic rings. The van der Waals surface area contributed by atoms with Gasteiger partial charge in [-0.3, -0.25) is 0 Å². The van der Waals surface area contributed by atoms with E-state index in [1.165, 1.54) is 13.8 Å². The quantitative estimate of drug-likeness (QED) is 0.340. The van der Waals surface area contributed by atoms with Crippen LogP contribution in [0.5, 0.6) is 0 Å². The van der Waals surface area contributed by atoms with Gasteiger partial charge in [-0.15, -0.1) is 0 Å². The number of hydrogen-bond donors (Lipinski definition) is 0. The van der Waals surface area contributed by atoms with Crippen LogP contribution in [0, 0.1) is 42.6 Å². The number of nitriles is 2. The van der Waals surface area contributed by atoms with Gasteiger partial charge in [0.1, 0.15) is 0 Å². The summed E-state index contributed by atoms with van der Waals surface area (Å²) < 4.78 is 22.5. The van der Waals surface area contributed by atoms with Crippen molar-refractivity contribution in [1.82, 2.24) is 0 Å². The summed E-state index contributed by atoms with van der Waals surface area (Å²) in [4.78, 5) is 0. The molecule has 0 aromatic heterocycles. The van der Waals surface area contributed by atoms with Crippen molar-refractivity contribution in [3.05, 3.63) is 20.0 Å². The zero-order valence-corrected chi connectivity index (χ0v) is 13.0. The summed E-state index contributed by atoms with van der Waals surface area (Å²) in [6.07, 6.45) is 0. The monoisotopic (exact) mass is 422 g/mol. The van der Waals surface area contributed by atoms with Crippen LogP contribution in [0.15, 0.2) is 0 Å². The molecule has 0 aromatic rings. The second-order valence-electron chi connectivity index (χ2n) is 0.506. The van der Waals surface area contributed by atoms with Crippen LogP contribution in [-0.4, -0.2) is 0 Å². The first kappa shape index (κ1) is 36.4. The standard InChI is InChI=1S/2C2H3N.3CO.2BrH.Mo/c2*1-2-3;3*1-2;;;/h2*1H3;;;;2*1H;/q;;;;;;;+2/p-2. The van der Waals surface area contributed by atoms with Crippen LogP contribution in [0.1, 0.15) is 13.8 Å². The molecule has 0 aliphatic heterocycles. The molecule has 0 aromatic carbocycles. The first-order valence-corrected chi connectivity index (χ1v) is 11.5. The molecule has 0 atom stereocenters. The van der Waals surface area contributed by atoms with Gasteiger partial charge in [0.05, 0.1) is 12.1 Å². The molecule has 8 heteroatoms. The van der Waals surface area contributed by atoms with E-state index in [0.29, 0.717) is 0 Å². The molecule has 0 rings (SSSR count). The second-order valence-corrected chi connectivity index (χ2v) is 9.76. The summed E-state index contributed by atoms with van der Waals surface area (Å²) in [5, 5.41) is 14.6. The van der Waals surface area contributed by atoms with Crippen LogP contribution in [-0.2, 0) is 28.4 Å². The average molecular weight is 422 g/mol. The summed E-state index contributed by atoms with van der Waals surface area (Å²) in [5.74, 6) is 0. The van der Waals surface area contributed by atoms with E-state index in [1.807, 2.05) is 0 Å². The summed E-state index contributed by atoms with van der Waals surface area (Å²) in [7, 11) is 0. The molecule has 0 N–H and O–H groups in total. The molecule has 82 valence electrons. The summed E-state index contributed by atoms with van der Waals surface area (Å²) >= 11 is 6.48. The summed E-state index contributed by atoms with van der Waals surface area (Å²) in [6, 6.07) is 3.50. The van der Waals surface area contributed by atoms with E-state index in [1.54, 1.807) is 12.1 Å². The minimum absolute atomic E-state index is 0.0950. The topological polar surface area (TPSA) is 107 Å².